The molecular formula is C21H18BrFN2O3. The van der Waals surface area contributed by atoms with E-state index in [-0.39, 0.29) is 30.5 Å². The molecule has 28 heavy (non-hydrogen) atoms. The van der Waals surface area contributed by atoms with Crippen LogP contribution in [0.2, 0.25) is 0 Å². The summed E-state index contributed by atoms with van der Waals surface area (Å²) in [5, 5.41) is 2.77. The Bertz CT molecular complexity index is 950. The van der Waals surface area contributed by atoms with Crippen molar-refractivity contribution >= 4 is 21.8 Å². The summed E-state index contributed by atoms with van der Waals surface area (Å²) in [5.74, 6) is -0.149. The number of pyridine rings is 1. The normalized spacial score (nSPS) is 10.4. The van der Waals surface area contributed by atoms with Crippen LogP contribution in [0.1, 0.15) is 21.6 Å². The number of halogens is 2. The molecule has 0 fully saturated rings. The molecule has 1 heterocycles. The van der Waals surface area contributed by atoms with E-state index in [0.717, 1.165) is 11.1 Å². The van der Waals surface area contributed by atoms with Gasteiger partial charge in [0.1, 0.15) is 12.4 Å². The van der Waals surface area contributed by atoms with E-state index in [0.29, 0.717) is 10.2 Å². The molecule has 3 aromatic rings. The van der Waals surface area contributed by atoms with Gasteiger partial charge in [0.15, 0.2) is 11.4 Å². The third-order valence-electron chi connectivity index (χ3n) is 3.92. The number of nitrogens with one attached hydrogen (secondary N) is 1. The van der Waals surface area contributed by atoms with Gasteiger partial charge in [-0.3, -0.25) is 4.79 Å². The van der Waals surface area contributed by atoms with Gasteiger partial charge in [-0.15, -0.1) is 0 Å². The topological polar surface area (TPSA) is 60.5 Å². The number of methoxy groups -OCH3 is 1. The Balaban J connectivity index is 1.79. The zero-order valence-electron chi connectivity index (χ0n) is 15.1. The standard InChI is InChI=1S/C21H18BrFN2O3/c1-27-18-11-17(22)20(28-13-15-5-3-2-4-6-15)19(25-18)21(26)24-12-14-7-9-16(23)10-8-14/h2-11H,12-13H2,1H3,(H,24,26). The van der Waals surface area contributed by atoms with Crippen LogP contribution in [0.15, 0.2) is 65.1 Å². The van der Waals surface area contributed by atoms with Crippen molar-refractivity contribution in [2.75, 3.05) is 7.11 Å². The van der Waals surface area contributed by atoms with Gasteiger partial charge < -0.3 is 14.8 Å². The number of hydrogen-bond donors (Lipinski definition) is 1. The summed E-state index contributed by atoms with van der Waals surface area (Å²) in [4.78, 5) is 17.0. The van der Waals surface area contributed by atoms with Gasteiger partial charge in [-0.25, -0.2) is 9.37 Å². The molecule has 0 saturated carbocycles. The SMILES string of the molecule is COc1cc(Br)c(OCc2ccccc2)c(C(=O)NCc2ccc(F)cc2)n1. The molecule has 0 saturated heterocycles. The molecule has 0 atom stereocenters. The average molecular weight is 445 g/mol. The molecule has 144 valence electrons. The van der Waals surface area contributed by atoms with Gasteiger partial charge in [0, 0.05) is 12.6 Å². The van der Waals surface area contributed by atoms with E-state index in [1.54, 1.807) is 18.2 Å². The minimum Gasteiger partial charge on any atom is -0.485 e. The Morgan fingerprint density at radius 3 is 2.50 bits per heavy atom. The highest BCUT2D eigenvalue weighted by Gasteiger charge is 2.20. The van der Waals surface area contributed by atoms with E-state index in [1.807, 2.05) is 30.3 Å². The maximum atomic E-state index is 13.0. The molecular weight excluding hydrogens is 427 g/mol. The van der Waals surface area contributed by atoms with Crippen molar-refractivity contribution in [2.45, 2.75) is 13.2 Å². The maximum absolute atomic E-state index is 13.0. The predicted octanol–water partition coefficient (Wildman–Crippen LogP) is 4.50. The van der Waals surface area contributed by atoms with Crippen LogP contribution < -0.4 is 14.8 Å². The van der Waals surface area contributed by atoms with Crippen LogP contribution in [0, 0.1) is 5.82 Å². The van der Waals surface area contributed by atoms with Crippen molar-refractivity contribution in [2.24, 2.45) is 0 Å². The van der Waals surface area contributed by atoms with E-state index in [9.17, 15) is 9.18 Å². The molecule has 1 N–H and O–H groups in total. The van der Waals surface area contributed by atoms with Crippen LogP contribution in [-0.4, -0.2) is 18.0 Å². The summed E-state index contributed by atoms with van der Waals surface area (Å²) in [6.45, 7) is 0.513. The van der Waals surface area contributed by atoms with Crippen molar-refractivity contribution in [3.8, 4) is 11.6 Å². The van der Waals surface area contributed by atoms with Crippen molar-refractivity contribution in [1.29, 1.82) is 0 Å². The van der Waals surface area contributed by atoms with Gasteiger partial charge in [-0.1, -0.05) is 42.5 Å². The number of carbonyl (C=O) groups excluding carboxylic acids is 1. The highest BCUT2D eigenvalue weighted by atomic mass is 79.9. The van der Waals surface area contributed by atoms with Crippen LogP contribution in [0.4, 0.5) is 4.39 Å². The highest BCUT2D eigenvalue weighted by Crippen LogP contribution is 2.32. The summed E-state index contributed by atoms with van der Waals surface area (Å²) in [5.41, 5.74) is 1.83. The second-order valence-corrected chi connectivity index (χ2v) is 6.76. The zero-order valence-corrected chi connectivity index (χ0v) is 16.7. The molecule has 3 rings (SSSR count). The van der Waals surface area contributed by atoms with E-state index in [2.05, 4.69) is 26.2 Å². The number of benzene rings is 2. The van der Waals surface area contributed by atoms with Crippen LogP contribution >= 0.6 is 15.9 Å². The number of amides is 1. The Hall–Kier alpha value is -2.93. The molecule has 0 aliphatic heterocycles. The Labute approximate surface area is 170 Å². The summed E-state index contributed by atoms with van der Waals surface area (Å²) in [6, 6.07) is 17.1. The van der Waals surface area contributed by atoms with Gasteiger partial charge in [0.05, 0.1) is 11.6 Å². The third-order valence-corrected chi connectivity index (χ3v) is 4.51. The van der Waals surface area contributed by atoms with Gasteiger partial charge in [0.25, 0.3) is 5.91 Å². The minimum atomic E-state index is -0.424. The predicted molar refractivity (Wildman–Crippen MR) is 107 cm³/mol. The molecule has 1 amide bonds. The van der Waals surface area contributed by atoms with Crippen LogP contribution in [0.5, 0.6) is 11.6 Å². The number of hydrogen-bond acceptors (Lipinski definition) is 4. The lowest BCUT2D eigenvalue weighted by Gasteiger charge is -2.14. The first-order valence-electron chi connectivity index (χ1n) is 8.50. The number of aromatic nitrogens is 1. The van der Waals surface area contributed by atoms with Crippen LogP contribution in [0.3, 0.4) is 0 Å². The molecule has 0 unspecified atom stereocenters. The fraction of sp³-hybridized carbons (Fsp3) is 0.143. The van der Waals surface area contributed by atoms with Gasteiger partial charge in [0.2, 0.25) is 5.88 Å². The van der Waals surface area contributed by atoms with Gasteiger partial charge in [-0.2, -0.15) is 0 Å². The summed E-state index contributed by atoms with van der Waals surface area (Å²) >= 11 is 3.42. The summed E-state index contributed by atoms with van der Waals surface area (Å²) in [6.07, 6.45) is 0. The highest BCUT2D eigenvalue weighted by molar-refractivity contribution is 9.10. The number of carbonyl (C=O) groups is 1. The number of nitrogens with zero attached hydrogens (tertiary/aromatic N) is 1. The Morgan fingerprint density at radius 2 is 1.82 bits per heavy atom. The van der Waals surface area contributed by atoms with Gasteiger partial charge in [-0.05, 0) is 39.2 Å². The number of rotatable bonds is 7. The van der Waals surface area contributed by atoms with E-state index >= 15 is 0 Å². The Kier molecular flexibility index (Phi) is 6.60. The molecule has 0 aliphatic rings. The summed E-state index contributed by atoms with van der Waals surface area (Å²) < 4.78 is 24.6. The second kappa shape index (κ2) is 9.32. The fourth-order valence-corrected chi connectivity index (χ4v) is 2.97. The van der Waals surface area contributed by atoms with Crippen molar-refractivity contribution < 1.29 is 18.7 Å². The Morgan fingerprint density at radius 1 is 1.11 bits per heavy atom. The molecule has 7 heteroatoms. The lowest BCUT2D eigenvalue weighted by Crippen LogP contribution is -2.25. The number of ether oxygens (including phenoxy) is 2. The second-order valence-electron chi connectivity index (χ2n) is 5.91. The van der Waals surface area contributed by atoms with Gasteiger partial charge >= 0.3 is 0 Å². The van der Waals surface area contributed by atoms with E-state index in [1.165, 1.54) is 19.2 Å². The first kappa shape index (κ1) is 19.8. The molecule has 2 aromatic carbocycles. The molecule has 1 aromatic heterocycles. The van der Waals surface area contributed by atoms with Crippen LogP contribution in [-0.2, 0) is 13.2 Å². The van der Waals surface area contributed by atoms with Crippen LogP contribution in [0.25, 0.3) is 0 Å². The molecule has 5 nitrogen and oxygen atoms in total. The van der Waals surface area contributed by atoms with E-state index in [4.69, 9.17) is 9.47 Å². The monoisotopic (exact) mass is 444 g/mol. The van der Waals surface area contributed by atoms with Crippen molar-refractivity contribution in [3.63, 3.8) is 0 Å². The lowest BCUT2D eigenvalue weighted by atomic mass is 10.2. The smallest absolute Gasteiger partial charge is 0.274 e. The van der Waals surface area contributed by atoms with E-state index < -0.39 is 5.91 Å². The van der Waals surface area contributed by atoms with Crippen molar-refractivity contribution in [3.05, 3.63) is 87.8 Å². The largest absolute Gasteiger partial charge is 0.485 e. The summed E-state index contributed by atoms with van der Waals surface area (Å²) in [7, 11) is 1.47. The van der Waals surface area contributed by atoms with Crippen molar-refractivity contribution in [1.82, 2.24) is 10.3 Å². The molecule has 0 bridgehead atoms. The quantitative estimate of drug-likeness (QED) is 0.582. The zero-order chi connectivity index (χ0) is 19.9. The molecule has 0 aliphatic carbocycles. The first-order valence-corrected chi connectivity index (χ1v) is 9.30. The molecule has 0 radical (unpaired) electrons. The lowest BCUT2D eigenvalue weighted by molar-refractivity contribution is 0.0939. The molecule has 0 spiro atoms. The third kappa shape index (κ3) is 5.07. The fourth-order valence-electron chi connectivity index (χ4n) is 2.47. The average Bonchev–Trinajstić information content (AvgIpc) is 2.72. The first-order chi connectivity index (χ1) is 13.6. The maximum Gasteiger partial charge on any atom is 0.274 e. The minimum absolute atomic E-state index is 0.101.